The summed E-state index contributed by atoms with van der Waals surface area (Å²) in [5, 5.41) is 10.7. The monoisotopic (exact) mass is 202 g/mol. The van der Waals surface area contributed by atoms with E-state index in [0.717, 1.165) is 21.8 Å². The van der Waals surface area contributed by atoms with Crippen LogP contribution in [0.5, 0.6) is 0 Å². The normalized spacial score (nSPS) is 13.1. The van der Waals surface area contributed by atoms with Crippen molar-refractivity contribution < 1.29 is 0 Å². The van der Waals surface area contributed by atoms with Gasteiger partial charge in [-0.1, -0.05) is 18.2 Å². The van der Waals surface area contributed by atoms with Crippen molar-refractivity contribution in [2.45, 2.75) is 4.90 Å². The van der Waals surface area contributed by atoms with Gasteiger partial charge in [0.1, 0.15) is 11.4 Å². The summed E-state index contributed by atoms with van der Waals surface area (Å²) in [6.07, 6.45) is 1.73. The second-order valence-electron chi connectivity index (χ2n) is 2.88. The number of hydrogen-bond donors (Lipinski definition) is 1. The number of H-pyrrole nitrogens is 1. The van der Waals surface area contributed by atoms with E-state index in [1.54, 1.807) is 6.21 Å². The number of aromatic nitrogens is 3. The van der Waals surface area contributed by atoms with Crippen LogP contribution in [0.4, 0.5) is 0 Å². The van der Waals surface area contributed by atoms with Gasteiger partial charge in [0.15, 0.2) is 0 Å². The van der Waals surface area contributed by atoms with Crippen molar-refractivity contribution in [2.24, 2.45) is 4.40 Å². The van der Waals surface area contributed by atoms with Gasteiger partial charge in [0.2, 0.25) is 0 Å². The van der Waals surface area contributed by atoms with Gasteiger partial charge in [-0.15, -0.1) is 0 Å². The Kier molecular flexibility index (Phi) is 1.63. The Labute approximate surface area is 84.6 Å². The quantitative estimate of drug-likeness (QED) is 0.664. The third-order valence-corrected chi connectivity index (χ3v) is 2.81. The van der Waals surface area contributed by atoms with Crippen LogP contribution in [0.1, 0.15) is 5.69 Å². The van der Waals surface area contributed by atoms with Crippen LogP contribution in [-0.2, 0) is 0 Å². The van der Waals surface area contributed by atoms with Gasteiger partial charge in [-0.3, -0.25) is 0 Å². The van der Waals surface area contributed by atoms with Gasteiger partial charge in [0, 0.05) is 22.4 Å². The molecule has 0 atom stereocenters. The summed E-state index contributed by atoms with van der Waals surface area (Å²) in [7, 11) is 0. The van der Waals surface area contributed by atoms with Crippen molar-refractivity contribution in [3.63, 3.8) is 0 Å². The van der Waals surface area contributed by atoms with Crippen LogP contribution in [0.15, 0.2) is 33.6 Å². The lowest BCUT2D eigenvalue weighted by Crippen LogP contribution is -1.84. The van der Waals surface area contributed by atoms with Crippen LogP contribution in [0, 0.1) is 0 Å². The molecule has 0 saturated carbocycles. The maximum Gasteiger partial charge on any atom is 0.132 e. The van der Waals surface area contributed by atoms with E-state index in [2.05, 4.69) is 19.8 Å². The highest BCUT2D eigenvalue weighted by Gasteiger charge is 2.15. The Morgan fingerprint density at radius 2 is 2.07 bits per heavy atom. The molecule has 4 nitrogen and oxygen atoms in total. The zero-order valence-electron chi connectivity index (χ0n) is 7.14. The second-order valence-corrected chi connectivity index (χ2v) is 3.71. The molecule has 0 amide bonds. The molecule has 0 radical (unpaired) electrons. The minimum Gasteiger partial charge on any atom is -0.217 e. The van der Waals surface area contributed by atoms with Crippen LogP contribution in [-0.4, -0.2) is 21.6 Å². The van der Waals surface area contributed by atoms with E-state index in [9.17, 15) is 0 Å². The molecule has 1 aromatic carbocycles. The van der Waals surface area contributed by atoms with Crippen LogP contribution in [0.3, 0.4) is 0 Å². The van der Waals surface area contributed by atoms with Gasteiger partial charge in [-0.05, 0) is 6.07 Å². The molecule has 3 rings (SSSR count). The smallest absolute Gasteiger partial charge is 0.132 e. The van der Waals surface area contributed by atoms with Crippen molar-refractivity contribution in [3.05, 3.63) is 30.0 Å². The molecule has 0 bridgehead atoms. The fourth-order valence-corrected chi connectivity index (χ4v) is 2.07. The molecule has 2 heterocycles. The lowest BCUT2D eigenvalue weighted by molar-refractivity contribution is 0.939. The highest BCUT2D eigenvalue weighted by atomic mass is 32.2. The number of nitrogens with one attached hydrogen (secondary N) is 1. The minimum atomic E-state index is 0.794. The Morgan fingerprint density at radius 1 is 1.14 bits per heavy atom. The van der Waals surface area contributed by atoms with Crippen molar-refractivity contribution in [1.29, 1.82) is 0 Å². The summed E-state index contributed by atoms with van der Waals surface area (Å²) in [5.74, 6) is 0. The molecule has 0 spiro atoms. The SMILES string of the molecule is C1=NSc2ccccc2-c2n[nH]nc21. The predicted octanol–water partition coefficient (Wildman–Crippen LogP) is 1.91. The molecule has 1 N–H and O–H groups in total. The van der Waals surface area contributed by atoms with Crippen molar-refractivity contribution in [1.82, 2.24) is 15.4 Å². The van der Waals surface area contributed by atoms with E-state index in [4.69, 9.17) is 0 Å². The fourth-order valence-electron chi connectivity index (χ4n) is 1.40. The van der Waals surface area contributed by atoms with E-state index < -0.39 is 0 Å². The first-order chi connectivity index (χ1) is 6.95. The van der Waals surface area contributed by atoms with Crippen LogP contribution >= 0.6 is 11.9 Å². The molecular weight excluding hydrogens is 196 g/mol. The predicted molar refractivity (Wildman–Crippen MR) is 55.3 cm³/mol. The topological polar surface area (TPSA) is 53.9 Å². The standard InChI is InChI=1S/C9H6N4S/c1-2-4-8-6(3-1)9-7(5-10-14-8)11-13-12-9/h1-5H,(H,11,12,13). The molecule has 0 aliphatic carbocycles. The second kappa shape index (κ2) is 2.95. The first kappa shape index (κ1) is 7.75. The maximum atomic E-state index is 4.19. The maximum absolute atomic E-state index is 4.19. The summed E-state index contributed by atoms with van der Waals surface area (Å²) in [6.45, 7) is 0. The van der Waals surface area contributed by atoms with E-state index in [0.29, 0.717) is 0 Å². The third-order valence-electron chi connectivity index (χ3n) is 2.04. The zero-order chi connectivity index (χ0) is 9.38. The summed E-state index contributed by atoms with van der Waals surface area (Å²) >= 11 is 1.45. The number of nitrogens with zero attached hydrogens (tertiary/aromatic N) is 3. The number of benzene rings is 1. The first-order valence-electron chi connectivity index (χ1n) is 4.16. The van der Waals surface area contributed by atoms with Gasteiger partial charge in [0.25, 0.3) is 0 Å². The molecule has 2 aromatic rings. The average Bonchev–Trinajstić information content (AvgIpc) is 2.61. The summed E-state index contributed by atoms with van der Waals surface area (Å²) in [6, 6.07) is 8.04. The average molecular weight is 202 g/mol. The minimum absolute atomic E-state index is 0.794. The molecule has 5 heteroatoms. The molecule has 1 aliphatic rings. The molecule has 14 heavy (non-hydrogen) atoms. The number of aromatic amines is 1. The lowest BCUT2D eigenvalue weighted by atomic mass is 10.1. The van der Waals surface area contributed by atoms with E-state index in [1.807, 2.05) is 24.3 Å². The van der Waals surface area contributed by atoms with Gasteiger partial charge >= 0.3 is 0 Å². The first-order valence-corrected chi connectivity index (χ1v) is 4.93. The van der Waals surface area contributed by atoms with Gasteiger partial charge < -0.3 is 0 Å². The van der Waals surface area contributed by atoms with E-state index >= 15 is 0 Å². The van der Waals surface area contributed by atoms with Gasteiger partial charge in [0.05, 0.1) is 6.21 Å². The molecular formula is C9H6N4S. The Balaban J connectivity index is 2.33. The Bertz CT molecular complexity index is 503. The van der Waals surface area contributed by atoms with E-state index in [1.165, 1.54) is 11.9 Å². The number of fused-ring (bicyclic) bond motifs is 3. The lowest BCUT2D eigenvalue weighted by Gasteiger charge is -2.00. The summed E-state index contributed by atoms with van der Waals surface area (Å²) in [4.78, 5) is 1.11. The van der Waals surface area contributed by atoms with Gasteiger partial charge in [-0.2, -0.15) is 15.4 Å². The van der Waals surface area contributed by atoms with Gasteiger partial charge in [-0.25, -0.2) is 4.40 Å². The van der Waals surface area contributed by atoms with Crippen LogP contribution < -0.4 is 0 Å². The number of hydrogen-bond acceptors (Lipinski definition) is 4. The molecule has 68 valence electrons. The Morgan fingerprint density at radius 3 is 3.07 bits per heavy atom. The highest BCUT2D eigenvalue weighted by Crippen LogP contribution is 2.33. The molecule has 0 unspecified atom stereocenters. The van der Waals surface area contributed by atoms with Crippen molar-refractivity contribution in [2.75, 3.05) is 0 Å². The molecule has 1 aromatic heterocycles. The molecule has 0 saturated heterocycles. The van der Waals surface area contributed by atoms with Crippen LogP contribution in [0.25, 0.3) is 11.3 Å². The van der Waals surface area contributed by atoms with Crippen LogP contribution in [0.2, 0.25) is 0 Å². The van der Waals surface area contributed by atoms with E-state index in [-0.39, 0.29) is 0 Å². The Hall–Kier alpha value is -1.62. The molecule has 0 fully saturated rings. The molecule has 1 aliphatic heterocycles. The number of rotatable bonds is 0. The summed E-state index contributed by atoms with van der Waals surface area (Å²) < 4.78 is 4.19. The summed E-state index contributed by atoms with van der Waals surface area (Å²) in [5.41, 5.74) is 2.75. The van der Waals surface area contributed by atoms with Crippen molar-refractivity contribution >= 4 is 18.2 Å². The highest BCUT2D eigenvalue weighted by molar-refractivity contribution is 7.98. The zero-order valence-corrected chi connectivity index (χ0v) is 7.95. The van der Waals surface area contributed by atoms with Crippen molar-refractivity contribution in [3.8, 4) is 11.3 Å². The largest absolute Gasteiger partial charge is 0.217 e. The fraction of sp³-hybridized carbons (Fsp3) is 0. The third kappa shape index (κ3) is 1.06.